The van der Waals surface area contributed by atoms with E-state index in [1.807, 2.05) is 38.1 Å². The van der Waals surface area contributed by atoms with Crippen molar-refractivity contribution < 1.29 is 4.79 Å². The minimum atomic E-state index is 0.123. The second kappa shape index (κ2) is 8.07. The Hall–Kier alpha value is -2.47. The summed E-state index contributed by atoms with van der Waals surface area (Å²) >= 11 is 0. The van der Waals surface area contributed by atoms with Gasteiger partial charge in [0.15, 0.2) is 5.78 Å². The molecule has 1 saturated heterocycles. The highest BCUT2D eigenvalue weighted by molar-refractivity contribution is 5.98. The van der Waals surface area contributed by atoms with Gasteiger partial charge in [-0.15, -0.1) is 0 Å². The number of aryl methyl sites for hydroxylation is 1. The number of nitrogens with one attached hydrogen (secondary N) is 3. The lowest BCUT2D eigenvalue weighted by Gasteiger charge is -2.21. The first-order valence-corrected chi connectivity index (χ1v) is 8.87. The van der Waals surface area contributed by atoms with Crippen molar-refractivity contribution in [2.45, 2.75) is 26.7 Å². The number of nitrogens with zero attached hydrogens (tertiary/aromatic N) is 2. The van der Waals surface area contributed by atoms with Crippen LogP contribution in [0, 0.1) is 12.8 Å². The molecule has 0 saturated carbocycles. The third-order valence-corrected chi connectivity index (χ3v) is 4.43. The molecule has 1 aliphatic rings. The molecular formula is C19H25N5O. The van der Waals surface area contributed by atoms with Gasteiger partial charge < -0.3 is 16.0 Å². The Morgan fingerprint density at radius 2 is 2.12 bits per heavy atom. The largest absolute Gasteiger partial charge is 0.354 e. The number of piperidine rings is 1. The quantitative estimate of drug-likeness (QED) is 0.702. The minimum absolute atomic E-state index is 0.123. The van der Waals surface area contributed by atoms with Gasteiger partial charge in [-0.25, -0.2) is 4.98 Å². The van der Waals surface area contributed by atoms with Crippen molar-refractivity contribution in [3.8, 4) is 0 Å². The zero-order chi connectivity index (χ0) is 17.6. The number of ketones is 1. The number of hydrogen-bond acceptors (Lipinski definition) is 6. The van der Waals surface area contributed by atoms with Crippen LogP contribution in [0.15, 0.2) is 30.5 Å². The molecule has 25 heavy (non-hydrogen) atoms. The van der Waals surface area contributed by atoms with Crippen LogP contribution in [0.3, 0.4) is 0 Å². The van der Waals surface area contributed by atoms with E-state index < -0.39 is 0 Å². The van der Waals surface area contributed by atoms with Crippen molar-refractivity contribution in [2.24, 2.45) is 5.92 Å². The summed E-state index contributed by atoms with van der Waals surface area (Å²) in [5.41, 5.74) is 2.58. The summed E-state index contributed by atoms with van der Waals surface area (Å²) in [4.78, 5) is 21.5. The molecule has 0 unspecified atom stereocenters. The average Bonchev–Trinajstić information content (AvgIpc) is 2.65. The predicted octanol–water partition coefficient (Wildman–Crippen LogP) is 3.14. The standard InChI is InChI=1S/C19H25N5O/c1-3-21-19-22-12-13(2)18(24-19)23-16-6-4-5-15(11-16)17(25)14-7-9-20-10-8-14/h4-6,11-12,14,20H,3,7-10H2,1-2H3,(H2,21,22,23,24). The Morgan fingerprint density at radius 1 is 1.32 bits per heavy atom. The summed E-state index contributed by atoms with van der Waals surface area (Å²) in [5, 5.41) is 9.73. The fourth-order valence-electron chi connectivity index (χ4n) is 3.02. The molecule has 0 spiro atoms. The van der Waals surface area contributed by atoms with Gasteiger partial charge in [0.05, 0.1) is 0 Å². The lowest BCUT2D eigenvalue weighted by atomic mass is 9.89. The van der Waals surface area contributed by atoms with Crippen molar-refractivity contribution in [3.63, 3.8) is 0 Å². The van der Waals surface area contributed by atoms with Gasteiger partial charge in [0.1, 0.15) is 5.82 Å². The normalized spacial score (nSPS) is 15.0. The molecule has 3 N–H and O–H groups in total. The van der Waals surface area contributed by atoms with E-state index in [1.54, 1.807) is 6.20 Å². The molecule has 6 nitrogen and oxygen atoms in total. The first-order chi connectivity index (χ1) is 12.2. The minimum Gasteiger partial charge on any atom is -0.354 e. The number of carbonyl (C=O) groups excluding carboxylic acids is 1. The van der Waals surface area contributed by atoms with E-state index >= 15 is 0 Å². The van der Waals surface area contributed by atoms with Crippen LogP contribution in [0.2, 0.25) is 0 Å². The second-order valence-electron chi connectivity index (χ2n) is 6.35. The van der Waals surface area contributed by atoms with Gasteiger partial charge in [-0.2, -0.15) is 4.98 Å². The van der Waals surface area contributed by atoms with Crippen LogP contribution in [-0.2, 0) is 0 Å². The van der Waals surface area contributed by atoms with E-state index in [-0.39, 0.29) is 11.7 Å². The number of anilines is 3. The molecule has 0 aliphatic carbocycles. The van der Waals surface area contributed by atoms with Crippen LogP contribution < -0.4 is 16.0 Å². The molecule has 1 aromatic heterocycles. The van der Waals surface area contributed by atoms with Crippen LogP contribution >= 0.6 is 0 Å². The number of benzene rings is 1. The van der Waals surface area contributed by atoms with E-state index in [9.17, 15) is 4.79 Å². The zero-order valence-corrected chi connectivity index (χ0v) is 14.8. The lowest BCUT2D eigenvalue weighted by Crippen LogP contribution is -2.31. The van der Waals surface area contributed by atoms with Gasteiger partial charge in [0, 0.05) is 35.5 Å². The SMILES string of the molecule is CCNc1ncc(C)c(Nc2cccc(C(=O)C3CCNCC3)c2)n1. The fraction of sp³-hybridized carbons (Fsp3) is 0.421. The van der Waals surface area contributed by atoms with Crippen LogP contribution in [0.1, 0.15) is 35.7 Å². The second-order valence-corrected chi connectivity index (χ2v) is 6.35. The van der Waals surface area contributed by atoms with E-state index in [2.05, 4.69) is 25.9 Å². The molecule has 0 radical (unpaired) electrons. The zero-order valence-electron chi connectivity index (χ0n) is 14.8. The topological polar surface area (TPSA) is 78.9 Å². The summed E-state index contributed by atoms with van der Waals surface area (Å²) in [6.07, 6.45) is 3.61. The molecule has 1 fully saturated rings. The van der Waals surface area contributed by atoms with Gasteiger partial charge in [0.2, 0.25) is 5.95 Å². The van der Waals surface area contributed by atoms with Crippen molar-refractivity contribution in [1.82, 2.24) is 15.3 Å². The van der Waals surface area contributed by atoms with E-state index in [0.717, 1.165) is 55.1 Å². The van der Waals surface area contributed by atoms with Gasteiger partial charge in [-0.05, 0) is 51.9 Å². The van der Waals surface area contributed by atoms with Gasteiger partial charge >= 0.3 is 0 Å². The molecule has 2 heterocycles. The number of rotatable bonds is 6. The van der Waals surface area contributed by atoms with Gasteiger partial charge in [-0.3, -0.25) is 4.79 Å². The molecule has 132 valence electrons. The maximum atomic E-state index is 12.7. The number of hydrogen-bond donors (Lipinski definition) is 3. The average molecular weight is 339 g/mol. The monoisotopic (exact) mass is 339 g/mol. The lowest BCUT2D eigenvalue weighted by molar-refractivity contribution is 0.0895. The first kappa shape index (κ1) is 17.4. The maximum Gasteiger partial charge on any atom is 0.224 e. The van der Waals surface area contributed by atoms with E-state index in [4.69, 9.17) is 0 Å². The summed E-state index contributed by atoms with van der Waals surface area (Å²) < 4.78 is 0. The van der Waals surface area contributed by atoms with E-state index in [1.165, 1.54) is 0 Å². The molecule has 2 aromatic rings. The summed E-state index contributed by atoms with van der Waals surface area (Å²) in [6, 6.07) is 7.68. The molecule has 1 aromatic carbocycles. The maximum absolute atomic E-state index is 12.7. The Labute approximate surface area is 148 Å². The molecule has 3 rings (SSSR count). The highest BCUT2D eigenvalue weighted by Gasteiger charge is 2.22. The van der Waals surface area contributed by atoms with Gasteiger partial charge in [-0.1, -0.05) is 12.1 Å². The highest BCUT2D eigenvalue weighted by atomic mass is 16.1. The molecule has 0 amide bonds. The Balaban J connectivity index is 1.77. The Morgan fingerprint density at radius 3 is 2.88 bits per heavy atom. The molecule has 6 heteroatoms. The molecule has 0 atom stereocenters. The fourth-order valence-corrected chi connectivity index (χ4v) is 3.02. The highest BCUT2D eigenvalue weighted by Crippen LogP contribution is 2.23. The smallest absolute Gasteiger partial charge is 0.224 e. The van der Waals surface area contributed by atoms with E-state index in [0.29, 0.717) is 5.95 Å². The van der Waals surface area contributed by atoms with Crippen molar-refractivity contribution in [1.29, 1.82) is 0 Å². The van der Waals surface area contributed by atoms with Gasteiger partial charge in [0.25, 0.3) is 0 Å². The van der Waals surface area contributed by atoms with Crippen LogP contribution in [0.25, 0.3) is 0 Å². The third-order valence-electron chi connectivity index (χ3n) is 4.43. The predicted molar refractivity (Wildman–Crippen MR) is 101 cm³/mol. The number of aromatic nitrogens is 2. The summed E-state index contributed by atoms with van der Waals surface area (Å²) in [6.45, 7) is 6.57. The Bertz CT molecular complexity index is 740. The van der Waals surface area contributed by atoms with Crippen LogP contribution in [0.5, 0.6) is 0 Å². The van der Waals surface area contributed by atoms with Crippen LogP contribution in [-0.4, -0.2) is 35.4 Å². The third kappa shape index (κ3) is 4.33. The van der Waals surface area contributed by atoms with Crippen LogP contribution in [0.4, 0.5) is 17.5 Å². The summed E-state index contributed by atoms with van der Waals surface area (Å²) in [5.74, 6) is 1.70. The molecule has 0 bridgehead atoms. The van der Waals surface area contributed by atoms with Crippen molar-refractivity contribution in [3.05, 3.63) is 41.6 Å². The van der Waals surface area contributed by atoms with Crippen molar-refractivity contribution in [2.75, 3.05) is 30.3 Å². The molecule has 1 aliphatic heterocycles. The number of carbonyl (C=O) groups is 1. The first-order valence-electron chi connectivity index (χ1n) is 8.87. The van der Waals surface area contributed by atoms with Crippen molar-refractivity contribution >= 4 is 23.2 Å². The molecular weight excluding hydrogens is 314 g/mol. The summed E-state index contributed by atoms with van der Waals surface area (Å²) in [7, 11) is 0. The number of Topliss-reactive ketones (excluding diaryl/α,β-unsaturated/α-hetero) is 1. The Kier molecular flexibility index (Phi) is 5.60.